The van der Waals surface area contributed by atoms with Gasteiger partial charge in [-0.3, -0.25) is 14.4 Å². The molecule has 1 saturated heterocycles. The number of benzene rings is 1. The highest BCUT2D eigenvalue weighted by molar-refractivity contribution is 5.77. The molecule has 0 radical (unpaired) electrons. The van der Waals surface area contributed by atoms with Gasteiger partial charge in [0, 0.05) is 32.0 Å². The monoisotopic (exact) mass is 455 g/mol. The summed E-state index contributed by atoms with van der Waals surface area (Å²) in [7, 11) is 1.08. The third-order valence-electron chi connectivity index (χ3n) is 4.33. The van der Waals surface area contributed by atoms with Crippen LogP contribution in [-0.4, -0.2) is 66.8 Å². The van der Waals surface area contributed by atoms with Gasteiger partial charge in [0.05, 0.1) is 13.7 Å². The molecule has 0 spiro atoms. The third-order valence-corrected chi connectivity index (χ3v) is 4.33. The minimum atomic E-state index is -1.59. The van der Waals surface area contributed by atoms with Crippen molar-refractivity contribution < 1.29 is 52.7 Å². The van der Waals surface area contributed by atoms with Crippen LogP contribution in [0.15, 0.2) is 18.2 Å². The Labute approximate surface area is 183 Å². The molecule has 1 aliphatic rings. The highest BCUT2D eigenvalue weighted by atomic mass is 16.7. The van der Waals surface area contributed by atoms with Gasteiger partial charge in [0.25, 0.3) is 0 Å². The van der Waals surface area contributed by atoms with E-state index in [-0.39, 0.29) is 11.3 Å². The fraction of sp³-hybridized carbons (Fsp3) is 0.500. The Morgan fingerprint density at radius 3 is 2.06 bits per heavy atom. The van der Waals surface area contributed by atoms with Crippen molar-refractivity contribution in [1.29, 1.82) is 0 Å². The van der Waals surface area contributed by atoms with Gasteiger partial charge in [-0.15, -0.1) is 0 Å². The van der Waals surface area contributed by atoms with Crippen molar-refractivity contribution in [2.45, 2.75) is 58.1 Å². The van der Waals surface area contributed by atoms with Gasteiger partial charge in [0.15, 0.2) is 18.3 Å². The molecule has 0 bridgehead atoms. The number of aliphatic hydroxyl groups excluding tert-OH is 1. The number of esters is 4. The molecule has 0 aromatic heterocycles. The Kier molecular flexibility index (Phi) is 8.38. The highest BCUT2D eigenvalue weighted by Gasteiger charge is 2.55. The molecular weight excluding hydrogens is 430 g/mol. The molecule has 0 amide bonds. The van der Waals surface area contributed by atoms with E-state index in [1.807, 2.05) is 0 Å². The van der Waals surface area contributed by atoms with Gasteiger partial charge in [-0.2, -0.15) is 0 Å². The molecule has 5 atom stereocenters. The summed E-state index contributed by atoms with van der Waals surface area (Å²) in [6, 6.07) is 4.37. The minimum Gasteiger partial charge on any atom is -0.467 e. The topological polar surface area (TPSA) is 170 Å². The Balaban J connectivity index is 2.54. The molecule has 32 heavy (non-hydrogen) atoms. The Bertz CT molecular complexity index is 871. The van der Waals surface area contributed by atoms with E-state index >= 15 is 0 Å². The van der Waals surface area contributed by atoms with Crippen LogP contribution in [-0.2, 0) is 49.5 Å². The first kappa shape index (κ1) is 24.9. The summed E-state index contributed by atoms with van der Waals surface area (Å²) >= 11 is 0. The van der Waals surface area contributed by atoms with Crippen LogP contribution in [0.4, 0.5) is 5.69 Å². The van der Waals surface area contributed by atoms with Crippen molar-refractivity contribution >= 4 is 29.6 Å². The van der Waals surface area contributed by atoms with Gasteiger partial charge in [-0.25, -0.2) is 4.79 Å². The number of nitrogens with two attached hydrogens (primary N) is 1. The predicted molar refractivity (Wildman–Crippen MR) is 105 cm³/mol. The number of ether oxygens (including phenoxy) is 6. The summed E-state index contributed by atoms with van der Waals surface area (Å²) in [6.07, 6.45) is -7.54. The molecule has 0 saturated carbocycles. The van der Waals surface area contributed by atoms with E-state index in [4.69, 9.17) is 34.2 Å². The Hall–Kier alpha value is -3.38. The first-order chi connectivity index (χ1) is 15.1. The van der Waals surface area contributed by atoms with Crippen molar-refractivity contribution in [2.24, 2.45) is 0 Å². The smallest absolute Gasteiger partial charge is 0.339 e. The zero-order valence-corrected chi connectivity index (χ0v) is 17.9. The largest absolute Gasteiger partial charge is 0.467 e. The summed E-state index contributed by atoms with van der Waals surface area (Å²) in [5.74, 6) is -3.27. The molecule has 1 heterocycles. The van der Waals surface area contributed by atoms with Crippen molar-refractivity contribution in [3.63, 3.8) is 0 Å². The molecule has 1 aliphatic heterocycles. The quantitative estimate of drug-likeness (QED) is 0.317. The molecule has 3 N–H and O–H groups in total. The Morgan fingerprint density at radius 1 is 0.969 bits per heavy atom. The van der Waals surface area contributed by atoms with Crippen LogP contribution in [0.5, 0.6) is 5.75 Å². The number of hydrogen-bond donors (Lipinski definition) is 2. The second kappa shape index (κ2) is 10.8. The van der Waals surface area contributed by atoms with Gasteiger partial charge in [0.2, 0.25) is 12.4 Å². The van der Waals surface area contributed by atoms with E-state index in [9.17, 15) is 24.3 Å². The van der Waals surface area contributed by atoms with E-state index < -0.39 is 61.2 Å². The van der Waals surface area contributed by atoms with Gasteiger partial charge in [0.1, 0.15) is 5.75 Å². The molecule has 1 fully saturated rings. The molecule has 1 aromatic carbocycles. The summed E-state index contributed by atoms with van der Waals surface area (Å²) in [5.41, 5.74) is 6.34. The number of carbonyl (C=O) groups excluding carboxylic acids is 4. The van der Waals surface area contributed by atoms with E-state index in [0.717, 1.165) is 27.9 Å². The number of anilines is 1. The van der Waals surface area contributed by atoms with Gasteiger partial charge >= 0.3 is 23.9 Å². The van der Waals surface area contributed by atoms with Crippen LogP contribution in [0.25, 0.3) is 0 Å². The standard InChI is InChI=1S/C20H25NO11/c1-9(23)28-15-16(29-10(2)24)18(30-11(3)25)20(32-17(15)19(26)27-4)31-14-6-5-13(21)7-12(14)8-22/h5-7,15-18,20,22H,8,21H2,1-4H3. The number of methoxy groups -OCH3 is 1. The van der Waals surface area contributed by atoms with Crippen LogP contribution in [0.3, 0.4) is 0 Å². The summed E-state index contributed by atoms with van der Waals surface area (Å²) in [6.45, 7) is 2.80. The third kappa shape index (κ3) is 6.08. The lowest BCUT2D eigenvalue weighted by atomic mass is 9.97. The maximum Gasteiger partial charge on any atom is 0.339 e. The van der Waals surface area contributed by atoms with Gasteiger partial charge in [-0.1, -0.05) is 0 Å². The highest BCUT2D eigenvalue weighted by Crippen LogP contribution is 2.32. The number of nitrogen functional groups attached to an aromatic ring is 1. The van der Waals surface area contributed by atoms with E-state index in [1.54, 1.807) is 0 Å². The van der Waals surface area contributed by atoms with Crippen LogP contribution in [0, 0.1) is 0 Å². The van der Waals surface area contributed by atoms with Crippen LogP contribution in [0.1, 0.15) is 26.3 Å². The van der Waals surface area contributed by atoms with Crippen LogP contribution < -0.4 is 10.5 Å². The lowest BCUT2D eigenvalue weighted by Crippen LogP contribution is -2.64. The van der Waals surface area contributed by atoms with Crippen molar-refractivity contribution in [3.8, 4) is 5.75 Å². The molecule has 12 nitrogen and oxygen atoms in total. The average Bonchev–Trinajstić information content (AvgIpc) is 2.71. The lowest BCUT2D eigenvalue weighted by Gasteiger charge is -2.43. The average molecular weight is 455 g/mol. The second-order valence-electron chi connectivity index (χ2n) is 6.81. The maximum absolute atomic E-state index is 12.4. The normalized spacial score (nSPS) is 24.7. The SMILES string of the molecule is COC(=O)C1OC(Oc2ccc(N)cc2CO)C(OC(C)=O)C(OC(C)=O)C1OC(C)=O. The Morgan fingerprint density at radius 2 is 1.53 bits per heavy atom. The summed E-state index contributed by atoms with van der Waals surface area (Å²) in [4.78, 5) is 47.6. The van der Waals surface area contributed by atoms with Crippen molar-refractivity contribution in [1.82, 2.24) is 0 Å². The molecule has 176 valence electrons. The number of carbonyl (C=O) groups is 4. The first-order valence-corrected chi connectivity index (χ1v) is 9.48. The molecular formula is C20H25NO11. The molecule has 1 aromatic rings. The summed E-state index contributed by atoms with van der Waals surface area (Å²) in [5, 5.41) is 9.61. The molecule has 5 unspecified atom stereocenters. The fourth-order valence-electron chi connectivity index (χ4n) is 3.14. The van der Waals surface area contributed by atoms with E-state index in [2.05, 4.69) is 0 Å². The zero-order chi connectivity index (χ0) is 24.0. The van der Waals surface area contributed by atoms with E-state index in [1.165, 1.54) is 18.2 Å². The molecule has 12 heteroatoms. The van der Waals surface area contributed by atoms with Gasteiger partial charge < -0.3 is 39.3 Å². The van der Waals surface area contributed by atoms with Gasteiger partial charge in [-0.05, 0) is 18.2 Å². The molecule has 2 rings (SSSR count). The fourth-order valence-corrected chi connectivity index (χ4v) is 3.14. The second-order valence-corrected chi connectivity index (χ2v) is 6.81. The van der Waals surface area contributed by atoms with Crippen LogP contribution >= 0.6 is 0 Å². The van der Waals surface area contributed by atoms with Crippen molar-refractivity contribution in [2.75, 3.05) is 12.8 Å². The lowest BCUT2D eigenvalue weighted by molar-refractivity contribution is -0.282. The molecule has 0 aliphatic carbocycles. The van der Waals surface area contributed by atoms with Crippen molar-refractivity contribution in [3.05, 3.63) is 23.8 Å². The first-order valence-electron chi connectivity index (χ1n) is 9.48. The predicted octanol–water partition coefficient (Wildman–Crippen LogP) is -0.167. The minimum absolute atomic E-state index is 0.0972. The summed E-state index contributed by atoms with van der Waals surface area (Å²) < 4.78 is 31.8. The maximum atomic E-state index is 12.4. The number of aliphatic hydroxyl groups is 1. The number of rotatable bonds is 7. The van der Waals surface area contributed by atoms with E-state index in [0.29, 0.717) is 5.69 Å². The van der Waals surface area contributed by atoms with Crippen LogP contribution in [0.2, 0.25) is 0 Å². The number of hydrogen-bond acceptors (Lipinski definition) is 12. The zero-order valence-electron chi connectivity index (χ0n) is 17.9.